The molecule has 0 amide bonds. The van der Waals surface area contributed by atoms with Crippen molar-refractivity contribution in [1.29, 1.82) is 0 Å². The number of halogens is 1. The van der Waals surface area contributed by atoms with E-state index in [1.165, 1.54) is 30.3 Å². The lowest BCUT2D eigenvalue weighted by molar-refractivity contribution is 0.104. The van der Waals surface area contributed by atoms with E-state index in [2.05, 4.69) is 4.98 Å². The number of carbonyl (C=O) groups excluding carboxylic acids is 1. The highest BCUT2D eigenvalue weighted by molar-refractivity contribution is 7.91. The van der Waals surface area contributed by atoms with Gasteiger partial charge in [-0.3, -0.25) is 9.78 Å². The van der Waals surface area contributed by atoms with Gasteiger partial charge in [-0.2, -0.15) is 0 Å². The molecular formula is C25H16FNO3S. The summed E-state index contributed by atoms with van der Waals surface area (Å²) in [4.78, 5) is 17.8. The fourth-order valence-electron chi connectivity index (χ4n) is 4.09. The van der Waals surface area contributed by atoms with E-state index in [1.807, 2.05) is 0 Å². The van der Waals surface area contributed by atoms with Crippen molar-refractivity contribution >= 4 is 15.6 Å². The van der Waals surface area contributed by atoms with Gasteiger partial charge in [0.1, 0.15) is 10.7 Å². The zero-order valence-electron chi connectivity index (χ0n) is 16.5. The molecule has 0 aliphatic heterocycles. The monoisotopic (exact) mass is 429 g/mol. The zero-order chi connectivity index (χ0) is 21.8. The molecule has 0 saturated heterocycles. The van der Waals surface area contributed by atoms with Gasteiger partial charge in [-0.25, -0.2) is 12.8 Å². The van der Waals surface area contributed by atoms with Gasteiger partial charge in [-0.1, -0.05) is 60.7 Å². The van der Waals surface area contributed by atoms with Gasteiger partial charge in [-0.15, -0.1) is 0 Å². The molecule has 152 valence electrons. The van der Waals surface area contributed by atoms with Gasteiger partial charge in [0.25, 0.3) is 0 Å². The topological polar surface area (TPSA) is 64.1 Å². The molecule has 0 spiro atoms. The summed E-state index contributed by atoms with van der Waals surface area (Å²) < 4.78 is 42.3. The molecule has 6 heteroatoms. The van der Waals surface area contributed by atoms with Crippen LogP contribution in [0.5, 0.6) is 0 Å². The Kier molecular flexibility index (Phi) is 4.34. The quantitative estimate of drug-likeness (QED) is 0.393. The van der Waals surface area contributed by atoms with Crippen LogP contribution in [0.3, 0.4) is 0 Å². The number of fused-ring (bicyclic) bond motifs is 3. The van der Waals surface area contributed by atoms with Crippen LogP contribution in [0, 0.1) is 12.7 Å². The van der Waals surface area contributed by atoms with Gasteiger partial charge in [-0.05, 0) is 25.1 Å². The van der Waals surface area contributed by atoms with E-state index in [9.17, 15) is 17.6 Å². The first-order valence-corrected chi connectivity index (χ1v) is 11.1. The van der Waals surface area contributed by atoms with Crippen LogP contribution in [0.15, 0.2) is 88.7 Å². The highest BCUT2D eigenvalue weighted by Crippen LogP contribution is 2.45. The Bertz CT molecular complexity index is 1480. The van der Waals surface area contributed by atoms with E-state index in [0.29, 0.717) is 16.8 Å². The van der Waals surface area contributed by atoms with Crippen molar-refractivity contribution in [2.24, 2.45) is 0 Å². The maximum atomic E-state index is 15.0. The molecule has 0 saturated carbocycles. The molecule has 4 nitrogen and oxygen atoms in total. The number of hydrogen-bond donors (Lipinski definition) is 0. The normalized spacial score (nSPS) is 12.5. The predicted molar refractivity (Wildman–Crippen MR) is 115 cm³/mol. The molecule has 5 rings (SSSR count). The summed E-state index contributed by atoms with van der Waals surface area (Å²) in [7, 11) is -4.08. The second-order valence-electron chi connectivity index (χ2n) is 7.30. The minimum absolute atomic E-state index is 0.0555. The highest BCUT2D eigenvalue weighted by Gasteiger charge is 2.37. The van der Waals surface area contributed by atoms with Crippen molar-refractivity contribution in [1.82, 2.24) is 4.98 Å². The van der Waals surface area contributed by atoms with Crippen LogP contribution in [0.1, 0.15) is 21.6 Å². The Morgan fingerprint density at radius 1 is 0.742 bits per heavy atom. The van der Waals surface area contributed by atoms with Crippen LogP contribution in [-0.2, 0) is 9.84 Å². The Hall–Kier alpha value is -3.64. The molecule has 31 heavy (non-hydrogen) atoms. The first-order chi connectivity index (χ1) is 14.9. The van der Waals surface area contributed by atoms with E-state index in [0.717, 1.165) is 0 Å². The number of nitrogens with zero attached hydrogens (tertiary/aromatic N) is 1. The van der Waals surface area contributed by atoms with E-state index in [1.54, 1.807) is 55.5 Å². The smallest absolute Gasteiger partial charge is 0.209 e. The molecule has 4 aromatic rings. The molecule has 0 atom stereocenters. The average Bonchev–Trinajstić information content (AvgIpc) is 3.06. The van der Waals surface area contributed by atoms with Crippen LogP contribution in [0.25, 0.3) is 22.4 Å². The lowest BCUT2D eigenvalue weighted by atomic mass is 9.96. The summed E-state index contributed by atoms with van der Waals surface area (Å²) in [6.45, 7) is 1.58. The van der Waals surface area contributed by atoms with Crippen molar-refractivity contribution in [2.75, 3.05) is 0 Å². The van der Waals surface area contributed by atoms with E-state index in [4.69, 9.17) is 0 Å². The van der Waals surface area contributed by atoms with Crippen molar-refractivity contribution in [2.45, 2.75) is 16.7 Å². The van der Waals surface area contributed by atoms with Crippen LogP contribution in [-0.4, -0.2) is 19.2 Å². The molecule has 1 heterocycles. The fourth-order valence-corrected chi connectivity index (χ4v) is 5.76. The molecule has 1 aromatic heterocycles. The van der Waals surface area contributed by atoms with Gasteiger partial charge < -0.3 is 0 Å². The number of rotatable bonds is 3. The number of carbonyl (C=O) groups is 1. The molecule has 0 radical (unpaired) electrons. The number of ketones is 1. The van der Waals surface area contributed by atoms with Gasteiger partial charge in [0.2, 0.25) is 9.84 Å². The lowest BCUT2D eigenvalue weighted by Crippen LogP contribution is -2.12. The predicted octanol–water partition coefficient (Wildman–Crippen LogP) is 5.24. The molecule has 3 aromatic carbocycles. The summed E-state index contributed by atoms with van der Waals surface area (Å²) in [6.07, 6.45) is 0. The number of aromatic nitrogens is 1. The first-order valence-electron chi connectivity index (χ1n) is 9.65. The molecule has 0 fully saturated rings. The van der Waals surface area contributed by atoms with Gasteiger partial charge in [0.15, 0.2) is 5.78 Å². The number of pyridine rings is 1. The van der Waals surface area contributed by atoms with Gasteiger partial charge in [0.05, 0.1) is 21.8 Å². The lowest BCUT2D eigenvalue weighted by Gasteiger charge is -2.17. The van der Waals surface area contributed by atoms with Crippen molar-refractivity contribution < 1.29 is 17.6 Å². The largest absolute Gasteiger partial charge is 0.288 e. The maximum Gasteiger partial charge on any atom is 0.209 e. The van der Waals surface area contributed by atoms with Crippen LogP contribution in [0.2, 0.25) is 0 Å². The Balaban J connectivity index is 1.95. The molecule has 1 aliphatic rings. The summed E-state index contributed by atoms with van der Waals surface area (Å²) in [5.41, 5.74) is 1.87. The SMILES string of the molecule is Cc1nc2c(c(-c3ccccc3F)c1S(=O)(=O)c1ccccc1)C(=O)c1ccccc1-2. The van der Waals surface area contributed by atoms with Crippen molar-refractivity contribution in [3.63, 3.8) is 0 Å². The highest BCUT2D eigenvalue weighted by atomic mass is 32.2. The van der Waals surface area contributed by atoms with Crippen LogP contribution >= 0.6 is 0 Å². The van der Waals surface area contributed by atoms with Crippen LogP contribution < -0.4 is 0 Å². The fraction of sp³-hybridized carbons (Fsp3) is 0.0400. The summed E-state index contributed by atoms with van der Waals surface area (Å²) in [5.74, 6) is -0.968. The summed E-state index contributed by atoms with van der Waals surface area (Å²) >= 11 is 0. The molecule has 0 unspecified atom stereocenters. The second-order valence-corrected chi connectivity index (χ2v) is 9.18. The third kappa shape index (κ3) is 2.83. The maximum absolute atomic E-state index is 15.0. The Morgan fingerprint density at radius 2 is 1.32 bits per heavy atom. The summed E-state index contributed by atoms with van der Waals surface area (Å²) in [6, 6.07) is 20.7. The third-order valence-corrected chi connectivity index (χ3v) is 7.37. The molecular weight excluding hydrogens is 413 g/mol. The van der Waals surface area contributed by atoms with E-state index in [-0.39, 0.29) is 38.0 Å². The number of hydrogen-bond acceptors (Lipinski definition) is 4. The third-order valence-electron chi connectivity index (χ3n) is 5.44. The van der Waals surface area contributed by atoms with Gasteiger partial charge in [0, 0.05) is 22.3 Å². The second kappa shape index (κ2) is 6.96. The van der Waals surface area contributed by atoms with Gasteiger partial charge >= 0.3 is 0 Å². The Labute approximate surface area is 178 Å². The molecule has 1 aliphatic carbocycles. The first kappa shape index (κ1) is 19.3. The van der Waals surface area contributed by atoms with E-state index < -0.39 is 15.7 Å². The summed E-state index contributed by atoms with van der Waals surface area (Å²) in [5, 5.41) is 0. The molecule has 0 bridgehead atoms. The number of sulfone groups is 1. The number of benzene rings is 3. The molecule has 0 N–H and O–H groups in total. The standard InChI is InChI=1S/C25H16FNO3S/c1-15-25(31(29,30)16-9-3-2-4-10-16)21(19-13-7-8-14-20(19)26)22-23(27-15)17-11-5-6-12-18(17)24(22)28/h2-14H,1H3. The van der Waals surface area contributed by atoms with Crippen molar-refractivity contribution in [3.05, 3.63) is 102 Å². The van der Waals surface area contributed by atoms with Crippen LogP contribution in [0.4, 0.5) is 4.39 Å². The number of aryl methyl sites for hydroxylation is 1. The minimum atomic E-state index is -4.08. The van der Waals surface area contributed by atoms with Crippen molar-refractivity contribution in [3.8, 4) is 22.4 Å². The minimum Gasteiger partial charge on any atom is -0.288 e. The van der Waals surface area contributed by atoms with E-state index >= 15 is 0 Å². The average molecular weight is 429 g/mol. The Morgan fingerprint density at radius 3 is 2.00 bits per heavy atom. The zero-order valence-corrected chi connectivity index (χ0v) is 17.3.